The van der Waals surface area contributed by atoms with Crippen molar-refractivity contribution in [2.75, 3.05) is 18.3 Å². The Bertz CT molecular complexity index is 323. The second-order valence-corrected chi connectivity index (χ2v) is 4.36. The normalized spacial score (nSPS) is 12.7. The van der Waals surface area contributed by atoms with E-state index in [1.165, 1.54) is 0 Å². The molecule has 0 heterocycles. The maximum atomic E-state index is 11.7. The minimum Gasteiger partial charge on any atom is -0.398 e. The predicted octanol–water partition coefficient (Wildman–Crippen LogP) is 2.02. The molecule has 0 aliphatic carbocycles. The average Bonchev–Trinajstić information content (AvgIpc) is 2.14. The molecule has 14 heavy (non-hydrogen) atoms. The van der Waals surface area contributed by atoms with Crippen LogP contribution in [0.25, 0.3) is 0 Å². The van der Waals surface area contributed by atoms with Crippen molar-refractivity contribution in [1.82, 2.24) is 0 Å². The summed E-state index contributed by atoms with van der Waals surface area (Å²) in [5.41, 5.74) is 6.10. The minimum absolute atomic E-state index is 0.129. The SMILES string of the molecule is CCOCS(=O)c1c(N)cccc1Cl. The van der Waals surface area contributed by atoms with Gasteiger partial charge in [0, 0.05) is 12.3 Å². The highest BCUT2D eigenvalue weighted by Crippen LogP contribution is 2.25. The number of nitrogens with two attached hydrogens (primary N) is 1. The van der Waals surface area contributed by atoms with E-state index < -0.39 is 10.8 Å². The molecule has 0 fully saturated rings. The third-order valence-electron chi connectivity index (χ3n) is 1.62. The van der Waals surface area contributed by atoms with Crippen LogP contribution in [-0.2, 0) is 15.5 Å². The number of anilines is 1. The zero-order valence-electron chi connectivity index (χ0n) is 7.83. The first-order valence-electron chi connectivity index (χ1n) is 4.17. The van der Waals surface area contributed by atoms with Gasteiger partial charge < -0.3 is 10.5 Å². The molecule has 1 aromatic rings. The number of hydrogen-bond acceptors (Lipinski definition) is 3. The lowest BCUT2D eigenvalue weighted by Crippen LogP contribution is -2.05. The molecule has 1 rings (SSSR count). The van der Waals surface area contributed by atoms with E-state index in [0.717, 1.165) is 0 Å². The van der Waals surface area contributed by atoms with Crippen LogP contribution in [-0.4, -0.2) is 16.8 Å². The Morgan fingerprint density at radius 2 is 2.29 bits per heavy atom. The second-order valence-electron chi connectivity index (χ2n) is 2.61. The van der Waals surface area contributed by atoms with Gasteiger partial charge in [-0.3, -0.25) is 4.21 Å². The topological polar surface area (TPSA) is 52.3 Å². The Morgan fingerprint density at radius 3 is 2.86 bits per heavy atom. The Morgan fingerprint density at radius 1 is 1.57 bits per heavy atom. The van der Waals surface area contributed by atoms with Gasteiger partial charge in [-0.25, -0.2) is 0 Å². The lowest BCUT2D eigenvalue weighted by molar-refractivity contribution is 0.196. The fraction of sp³-hybridized carbons (Fsp3) is 0.333. The molecule has 0 saturated carbocycles. The van der Waals surface area contributed by atoms with Crippen LogP contribution in [0.2, 0.25) is 5.02 Å². The van der Waals surface area contributed by atoms with E-state index in [0.29, 0.717) is 22.2 Å². The van der Waals surface area contributed by atoms with Gasteiger partial charge in [-0.2, -0.15) is 0 Å². The summed E-state index contributed by atoms with van der Waals surface area (Å²) in [6, 6.07) is 5.06. The predicted molar refractivity (Wildman–Crippen MR) is 58.8 cm³/mol. The quantitative estimate of drug-likeness (QED) is 0.810. The molecule has 1 unspecified atom stereocenters. The van der Waals surface area contributed by atoms with E-state index in [-0.39, 0.29) is 5.94 Å². The molecule has 2 N–H and O–H groups in total. The summed E-state index contributed by atoms with van der Waals surface area (Å²) in [6.07, 6.45) is 0. The van der Waals surface area contributed by atoms with Crippen molar-refractivity contribution in [2.24, 2.45) is 0 Å². The van der Waals surface area contributed by atoms with Gasteiger partial charge in [-0.15, -0.1) is 0 Å². The van der Waals surface area contributed by atoms with Gasteiger partial charge in [-0.1, -0.05) is 17.7 Å². The fourth-order valence-electron chi connectivity index (χ4n) is 0.984. The zero-order chi connectivity index (χ0) is 10.6. The van der Waals surface area contributed by atoms with E-state index in [4.69, 9.17) is 22.1 Å². The van der Waals surface area contributed by atoms with Crippen LogP contribution in [0.1, 0.15) is 6.92 Å². The Kier molecular flexibility index (Phi) is 4.38. The smallest absolute Gasteiger partial charge is 0.126 e. The maximum Gasteiger partial charge on any atom is 0.126 e. The molecule has 1 atom stereocenters. The molecule has 0 radical (unpaired) electrons. The van der Waals surface area contributed by atoms with Crippen LogP contribution in [0.3, 0.4) is 0 Å². The molecule has 0 bridgehead atoms. The third-order valence-corrected chi connectivity index (χ3v) is 3.34. The minimum atomic E-state index is -1.29. The first-order valence-corrected chi connectivity index (χ1v) is 5.86. The molecule has 1 aromatic carbocycles. The van der Waals surface area contributed by atoms with Crippen molar-refractivity contribution in [1.29, 1.82) is 0 Å². The van der Waals surface area contributed by atoms with Crippen molar-refractivity contribution >= 4 is 28.1 Å². The van der Waals surface area contributed by atoms with E-state index in [1.807, 2.05) is 6.92 Å². The molecule has 0 aliphatic rings. The number of benzene rings is 1. The molecule has 78 valence electrons. The molecular formula is C9H12ClNO2S. The van der Waals surface area contributed by atoms with Gasteiger partial charge in [0.1, 0.15) is 5.94 Å². The van der Waals surface area contributed by atoms with Gasteiger partial charge in [0.05, 0.1) is 20.7 Å². The number of ether oxygens (including phenoxy) is 1. The number of halogens is 1. The summed E-state index contributed by atoms with van der Waals surface area (Å²) in [5.74, 6) is 0.129. The highest BCUT2D eigenvalue weighted by molar-refractivity contribution is 7.85. The average molecular weight is 234 g/mol. The van der Waals surface area contributed by atoms with Gasteiger partial charge in [-0.05, 0) is 19.1 Å². The van der Waals surface area contributed by atoms with Crippen molar-refractivity contribution in [3.63, 3.8) is 0 Å². The number of nitrogen functional groups attached to an aromatic ring is 1. The molecule has 3 nitrogen and oxygen atoms in total. The van der Waals surface area contributed by atoms with E-state index in [2.05, 4.69) is 0 Å². The van der Waals surface area contributed by atoms with Gasteiger partial charge >= 0.3 is 0 Å². The van der Waals surface area contributed by atoms with Gasteiger partial charge in [0.2, 0.25) is 0 Å². The lowest BCUT2D eigenvalue weighted by atomic mass is 10.3. The summed E-state index contributed by atoms with van der Waals surface area (Å²) in [4.78, 5) is 0.461. The van der Waals surface area contributed by atoms with Crippen LogP contribution in [0.5, 0.6) is 0 Å². The summed E-state index contributed by atoms with van der Waals surface area (Å²) in [5, 5.41) is 0.419. The first-order chi connectivity index (χ1) is 6.66. The number of hydrogen-bond donors (Lipinski definition) is 1. The summed E-state index contributed by atoms with van der Waals surface area (Å²) >= 11 is 5.87. The highest BCUT2D eigenvalue weighted by Gasteiger charge is 2.11. The second kappa shape index (κ2) is 5.34. The molecule has 0 amide bonds. The first kappa shape index (κ1) is 11.5. The van der Waals surface area contributed by atoms with Crippen LogP contribution in [0.4, 0.5) is 5.69 Å². The highest BCUT2D eigenvalue weighted by atomic mass is 35.5. The summed E-state index contributed by atoms with van der Waals surface area (Å²) < 4.78 is 16.7. The molecule has 0 saturated heterocycles. The Hall–Kier alpha value is -0.580. The maximum absolute atomic E-state index is 11.7. The van der Waals surface area contributed by atoms with Gasteiger partial charge in [0.15, 0.2) is 0 Å². The van der Waals surface area contributed by atoms with E-state index in [1.54, 1.807) is 18.2 Å². The van der Waals surface area contributed by atoms with Crippen LogP contribution in [0.15, 0.2) is 23.1 Å². The van der Waals surface area contributed by atoms with Crippen LogP contribution in [0, 0.1) is 0 Å². The van der Waals surface area contributed by atoms with E-state index >= 15 is 0 Å². The fourth-order valence-corrected chi connectivity index (χ4v) is 2.48. The third kappa shape index (κ3) is 2.70. The van der Waals surface area contributed by atoms with E-state index in [9.17, 15) is 4.21 Å². The van der Waals surface area contributed by atoms with Crippen molar-refractivity contribution in [3.05, 3.63) is 23.2 Å². The Labute approximate surface area is 90.7 Å². The number of rotatable bonds is 4. The van der Waals surface area contributed by atoms with Gasteiger partial charge in [0.25, 0.3) is 0 Å². The lowest BCUT2D eigenvalue weighted by Gasteiger charge is -2.07. The summed E-state index contributed by atoms with van der Waals surface area (Å²) in [6.45, 7) is 2.36. The monoisotopic (exact) mass is 233 g/mol. The van der Waals surface area contributed by atoms with Crippen LogP contribution >= 0.6 is 11.6 Å². The molecule has 0 aliphatic heterocycles. The molecule has 0 spiro atoms. The summed E-state index contributed by atoms with van der Waals surface area (Å²) in [7, 11) is -1.29. The van der Waals surface area contributed by atoms with Crippen molar-refractivity contribution in [2.45, 2.75) is 11.8 Å². The van der Waals surface area contributed by atoms with Crippen LogP contribution < -0.4 is 5.73 Å². The largest absolute Gasteiger partial charge is 0.398 e. The van der Waals surface area contributed by atoms with Crippen molar-refractivity contribution < 1.29 is 8.95 Å². The standard InChI is InChI=1S/C9H12ClNO2S/c1-2-13-6-14(12)9-7(10)4-3-5-8(9)11/h3-5H,2,6,11H2,1H3. The Balaban J connectivity index is 2.89. The zero-order valence-corrected chi connectivity index (χ0v) is 9.40. The van der Waals surface area contributed by atoms with Crippen molar-refractivity contribution in [3.8, 4) is 0 Å². The molecule has 0 aromatic heterocycles. The molecule has 5 heteroatoms. The molecular weight excluding hydrogens is 222 g/mol.